The molecule has 0 aliphatic carbocycles. The summed E-state index contributed by atoms with van der Waals surface area (Å²) in [6, 6.07) is 9.63. The van der Waals surface area contributed by atoms with Crippen LogP contribution in [0.2, 0.25) is 0 Å². The van der Waals surface area contributed by atoms with Crippen molar-refractivity contribution in [2.75, 3.05) is 17.5 Å². The van der Waals surface area contributed by atoms with Crippen LogP contribution in [0.1, 0.15) is 11.3 Å². The number of nitrogens with zero attached hydrogens (tertiary/aromatic N) is 2. The lowest BCUT2D eigenvalue weighted by molar-refractivity contribution is -0.141. The molecule has 4 rings (SSSR count). The number of hydrogen-bond donors (Lipinski definition) is 0. The molecule has 1 aliphatic heterocycles. The molecule has 0 spiro atoms. The van der Waals surface area contributed by atoms with Gasteiger partial charge in [-0.15, -0.1) is 0 Å². The van der Waals surface area contributed by atoms with Gasteiger partial charge in [0.15, 0.2) is 0 Å². The Balaban J connectivity index is 1.78. The van der Waals surface area contributed by atoms with E-state index in [2.05, 4.69) is 4.98 Å². The predicted octanol–water partition coefficient (Wildman–Crippen LogP) is 5.37. The lowest BCUT2D eigenvalue weighted by Gasteiger charge is -2.31. The topological polar surface area (TPSA) is 59.5 Å². The Labute approximate surface area is 184 Å². The van der Waals surface area contributed by atoms with Crippen molar-refractivity contribution in [3.05, 3.63) is 72.1 Å². The first-order valence-electron chi connectivity index (χ1n) is 9.38. The van der Waals surface area contributed by atoms with Gasteiger partial charge in [-0.25, -0.2) is 8.42 Å². The fraction of sp³-hybridized carbons (Fsp3) is 0.190. The van der Waals surface area contributed by atoms with Gasteiger partial charge in [-0.2, -0.15) is 26.3 Å². The van der Waals surface area contributed by atoms with Crippen LogP contribution in [0.5, 0.6) is 5.75 Å². The molecule has 174 valence electrons. The van der Waals surface area contributed by atoms with Gasteiger partial charge < -0.3 is 4.74 Å². The second-order valence-corrected chi connectivity index (χ2v) is 8.92. The van der Waals surface area contributed by atoms with Gasteiger partial charge in [0.1, 0.15) is 18.1 Å². The highest BCUT2D eigenvalue weighted by Crippen LogP contribution is 2.40. The Morgan fingerprint density at radius 3 is 2.30 bits per heavy atom. The van der Waals surface area contributed by atoms with E-state index in [4.69, 9.17) is 4.74 Å². The van der Waals surface area contributed by atoms with Gasteiger partial charge in [0, 0.05) is 6.20 Å². The summed E-state index contributed by atoms with van der Waals surface area (Å²) in [5, 5.41) is 0. The van der Waals surface area contributed by atoms with Crippen LogP contribution in [0.25, 0.3) is 11.1 Å². The maximum atomic E-state index is 13.2. The number of rotatable bonds is 3. The lowest BCUT2D eigenvalue weighted by atomic mass is 10.0. The molecule has 5 nitrogen and oxygen atoms in total. The molecule has 1 aromatic heterocycles. The quantitative estimate of drug-likeness (QED) is 0.465. The molecule has 0 N–H and O–H groups in total. The molecule has 0 atom stereocenters. The zero-order valence-corrected chi connectivity index (χ0v) is 17.3. The van der Waals surface area contributed by atoms with E-state index >= 15 is 0 Å². The molecule has 0 fully saturated rings. The minimum absolute atomic E-state index is 0.00142. The molecule has 0 unspecified atom stereocenters. The van der Waals surface area contributed by atoms with Crippen molar-refractivity contribution in [1.29, 1.82) is 0 Å². The normalized spacial score (nSPS) is 14.5. The molecule has 2 aromatic carbocycles. The molecule has 0 radical (unpaired) electrons. The summed E-state index contributed by atoms with van der Waals surface area (Å²) in [5.74, 6) is 0.130. The summed E-state index contributed by atoms with van der Waals surface area (Å²) < 4.78 is 111. The first kappa shape index (κ1) is 22.9. The van der Waals surface area contributed by atoms with Gasteiger partial charge in [0.25, 0.3) is 10.0 Å². The number of sulfonamides is 1. The fourth-order valence-corrected chi connectivity index (χ4v) is 4.85. The van der Waals surface area contributed by atoms with Crippen molar-refractivity contribution in [3.63, 3.8) is 0 Å². The molecule has 12 heteroatoms. The van der Waals surface area contributed by atoms with E-state index < -0.39 is 38.5 Å². The van der Waals surface area contributed by atoms with E-state index in [1.54, 1.807) is 0 Å². The highest BCUT2D eigenvalue weighted by molar-refractivity contribution is 7.92. The van der Waals surface area contributed by atoms with Gasteiger partial charge in [0.05, 0.1) is 22.7 Å². The Bertz CT molecular complexity index is 1310. The highest BCUT2D eigenvalue weighted by atomic mass is 32.2. The predicted molar refractivity (Wildman–Crippen MR) is 106 cm³/mol. The third kappa shape index (κ3) is 4.47. The molecule has 0 saturated heterocycles. The number of ether oxygens (including phenoxy) is 1. The largest absolute Gasteiger partial charge is 0.489 e. The number of pyridine rings is 1. The van der Waals surface area contributed by atoms with Gasteiger partial charge in [-0.1, -0.05) is 12.1 Å². The average molecular weight is 488 g/mol. The third-order valence-electron chi connectivity index (χ3n) is 4.91. The molecule has 0 saturated carbocycles. The molecular formula is C21H14F6N2O3S. The summed E-state index contributed by atoms with van der Waals surface area (Å²) in [4.78, 5) is 2.73. The molecule has 1 aliphatic rings. The lowest BCUT2D eigenvalue weighted by Crippen LogP contribution is -2.38. The summed E-state index contributed by atoms with van der Waals surface area (Å²) >= 11 is 0. The number of hydrogen-bond acceptors (Lipinski definition) is 4. The number of benzene rings is 2. The molecule has 2 heterocycles. The van der Waals surface area contributed by atoms with Crippen molar-refractivity contribution < 1.29 is 39.5 Å². The van der Waals surface area contributed by atoms with Crippen molar-refractivity contribution >= 4 is 15.7 Å². The zero-order chi connectivity index (χ0) is 24.0. The van der Waals surface area contributed by atoms with Crippen LogP contribution in [0.4, 0.5) is 32.0 Å². The van der Waals surface area contributed by atoms with Crippen molar-refractivity contribution in [2.45, 2.75) is 17.2 Å². The summed E-state index contributed by atoms with van der Waals surface area (Å²) in [7, 11) is -4.43. The van der Waals surface area contributed by atoms with Gasteiger partial charge in [0.2, 0.25) is 0 Å². The number of anilines is 1. The second kappa shape index (κ2) is 7.94. The van der Waals surface area contributed by atoms with Crippen LogP contribution in [0.15, 0.2) is 65.7 Å². The monoisotopic (exact) mass is 488 g/mol. The van der Waals surface area contributed by atoms with Crippen molar-refractivity contribution in [1.82, 2.24) is 4.98 Å². The first-order valence-corrected chi connectivity index (χ1v) is 10.8. The summed E-state index contributed by atoms with van der Waals surface area (Å²) in [5.41, 5.74) is -1.87. The maximum Gasteiger partial charge on any atom is 0.433 e. The zero-order valence-electron chi connectivity index (χ0n) is 16.5. The Hall–Kier alpha value is -3.28. The smallest absolute Gasteiger partial charge is 0.433 e. The summed E-state index contributed by atoms with van der Waals surface area (Å²) in [6.45, 7) is -0.253. The van der Waals surface area contributed by atoms with E-state index in [9.17, 15) is 34.8 Å². The molecule has 0 bridgehead atoms. The number of halogens is 6. The van der Waals surface area contributed by atoms with Crippen LogP contribution >= 0.6 is 0 Å². The number of aromatic nitrogens is 1. The Morgan fingerprint density at radius 1 is 0.879 bits per heavy atom. The standard InChI is InChI=1S/C21H14F6N2O3S/c22-20(23,24)15-2-1-3-16(12-15)33(30,31)29-8-9-32-18-5-4-13(10-17(18)29)14-6-7-28-19(11-14)21(25,26)27/h1-7,10-12H,8-9H2. The molecule has 3 aromatic rings. The minimum Gasteiger partial charge on any atom is -0.489 e. The van der Waals surface area contributed by atoms with Gasteiger partial charge in [-0.05, 0) is 53.6 Å². The van der Waals surface area contributed by atoms with Crippen LogP contribution in [-0.4, -0.2) is 26.6 Å². The minimum atomic E-state index is -4.74. The second-order valence-electron chi connectivity index (χ2n) is 7.06. The highest BCUT2D eigenvalue weighted by Gasteiger charge is 2.35. The molecule has 0 amide bonds. The van der Waals surface area contributed by atoms with E-state index in [1.807, 2.05) is 0 Å². The molecular weight excluding hydrogens is 474 g/mol. The van der Waals surface area contributed by atoms with Crippen molar-refractivity contribution in [2.24, 2.45) is 0 Å². The average Bonchev–Trinajstić information content (AvgIpc) is 2.77. The van der Waals surface area contributed by atoms with Gasteiger partial charge in [-0.3, -0.25) is 9.29 Å². The van der Waals surface area contributed by atoms with Gasteiger partial charge >= 0.3 is 12.4 Å². The van der Waals surface area contributed by atoms with Crippen LogP contribution in [0, 0.1) is 0 Å². The summed E-state index contributed by atoms with van der Waals surface area (Å²) in [6.07, 6.45) is -8.43. The Kier molecular flexibility index (Phi) is 5.51. The Morgan fingerprint density at radius 2 is 1.61 bits per heavy atom. The number of alkyl halides is 6. The third-order valence-corrected chi connectivity index (χ3v) is 6.72. The molecule has 33 heavy (non-hydrogen) atoms. The van der Waals surface area contributed by atoms with Crippen LogP contribution in [0.3, 0.4) is 0 Å². The maximum absolute atomic E-state index is 13.2. The SMILES string of the molecule is O=S(=O)(c1cccc(C(F)(F)F)c1)N1CCOc2ccc(-c3ccnc(C(F)(F)F)c3)cc21. The van der Waals surface area contributed by atoms with E-state index in [1.165, 1.54) is 24.3 Å². The van der Waals surface area contributed by atoms with Crippen LogP contribution < -0.4 is 9.04 Å². The number of fused-ring (bicyclic) bond motifs is 1. The van der Waals surface area contributed by atoms with E-state index in [0.717, 1.165) is 34.8 Å². The first-order chi connectivity index (χ1) is 15.4. The van der Waals surface area contributed by atoms with E-state index in [0.29, 0.717) is 6.07 Å². The van der Waals surface area contributed by atoms with E-state index in [-0.39, 0.29) is 35.7 Å². The van der Waals surface area contributed by atoms with Crippen LogP contribution in [-0.2, 0) is 22.4 Å². The fourth-order valence-electron chi connectivity index (χ4n) is 3.35. The van der Waals surface area contributed by atoms with Crippen molar-refractivity contribution in [3.8, 4) is 16.9 Å².